The zero-order valence-corrected chi connectivity index (χ0v) is 21.9. The van der Waals surface area contributed by atoms with E-state index < -0.39 is 41.1 Å². The second kappa shape index (κ2) is 9.89. The summed E-state index contributed by atoms with van der Waals surface area (Å²) < 4.78 is 12.6. The molecule has 2 fully saturated rings. The highest BCUT2D eigenvalue weighted by molar-refractivity contribution is 6.30. The highest BCUT2D eigenvalue weighted by Gasteiger charge is 2.75. The Morgan fingerprint density at radius 2 is 1.84 bits per heavy atom. The lowest BCUT2D eigenvalue weighted by Crippen LogP contribution is -2.58. The third-order valence-corrected chi connectivity index (χ3v) is 8.45. The first kappa shape index (κ1) is 25.9. The number of esters is 1. The molecule has 6 atom stereocenters. The van der Waals surface area contributed by atoms with E-state index in [1.165, 1.54) is 4.90 Å². The van der Waals surface area contributed by atoms with E-state index in [2.05, 4.69) is 0 Å². The molecule has 0 aromatic heterocycles. The van der Waals surface area contributed by atoms with Gasteiger partial charge in [-0.25, -0.2) is 0 Å². The van der Waals surface area contributed by atoms with Crippen molar-refractivity contribution < 1.29 is 29.0 Å². The van der Waals surface area contributed by atoms with Crippen molar-refractivity contribution in [3.8, 4) is 0 Å². The van der Waals surface area contributed by atoms with Crippen LogP contribution in [0.2, 0.25) is 5.02 Å². The predicted molar refractivity (Wildman–Crippen MR) is 138 cm³/mol. The van der Waals surface area contributed by atoms with Gasteiger partial charge in [0.15, 0.2) is 0 Å². The Hall–Kier alpha value is -2.68. The van der Waals surface area contributed by atoms with E-state index in [1.807, 2.05) is 25.2 Å². The number of likely N-dealkylation sites (tertiary alicyclic amines) is 1. The Morgan fingerprint density at radius 1 is 1.08 bits per heavy atom. The number of amides is 2. The molecular formula is C28H33ClN2O6. The number of carbonyl (C=O) groups is 3. The molecule has 0 bridgehead atoms. The van der Waals surface area contributed by atoms with Gasteiger partial charge in [-0.15, -0.1) is 0 Å². The number of allylic oxidation sites excluding steroid dienone is 1. The van der Waals surface area contributed by atoms with Crippen LogP contribution >= 0.6 is 11.6 Å². The minimum absolute atomic E-state index is 0.258. The first-order valence-corrected chi connectivity index (χ1v) is 13.4. The van der Waals surface area contributed by atoms with Crippen molar-refractivity contribution >= 4 is 35.1 Å². The van der Waals surface area contributed by atoms with E-state index in [9.17, 15) is 19.5 Å². The fourth-order valence-corrected chi connectivity index (χ4v) is 6.52. The number of nitrogens with zero attached hydrogens (tertiary/aromatic N) is 2. The molecule has 1 aromatic carbocycles. The molecule has 4 aliphatic rings. The predicted octanol–water partition coefficient (Wildman–Crippen LogP) is 3.27. The Kier molecular flexibility index (Phi) is 6.94. The number of aliphatic hydroxyl groups excluding tert-OH is 1. The molecule has 8 nitrogen and oxygen atoms in total. The van der Waals surface area contributed by atoms with E-state index >= 15 is 0 Å². The van der Waals surface area contributed by atoms with Crippen LogP contribution < -0.4 is 4.90 Å². The summed E-state index contributed by atoms with van der Waals surface area (Å²) in [5, 5.41) is 10.6. The van der Waals surface area contributed by atoms with Crippen molar-refractivity contribution in [1.82, 2.24) is 4.90 Å². The van der Waals surface area contributed by atoms with Crippen molar-refractivity contribution in [2.75, 3.05) is 24.7 Å². The van der Waals surface area contributed by atoms with Gasteiger partial charge in [0, 0.05) is 17.3 Å². The maximum atomic E-state index is 14.3. The van der Waals surface area contributed by atoms with E-state index in [-0.39, 0.29) is 31.6 Å². The highest BCUT2D eigenvalue weighted by atomic mass is 35.5. The number of fused-ring (bicyclic) bond motifs is 2. The van der Waals surface area contributed by atoms with E-state index in [1.54, 1.807) is 42.2 Å². The number of rotatable bonds is 4. The number of aliphatic hydroxyl groups is 1. The standard InChI is InChI=1S/C28H33ClN2O6/c1-3-27-13-6-4-5-7-16-36-26(35)22(27)21-24(33)31(18(2)17-32)23-25(34)30(15-8-14-28(21,23)37-27)20-11-9-19(29)10-12-20/h6,8-14,18,21-23,32H,3-5,7,15-17H2,1-2H3/b13-6-/t18-,21+,22-,23?,27+,28+/m1/s1. The molecule has 9 heteroatoms. The summed E-state index contributed by atoms with van der Waals surface area (Å²) in [4.78, 5) is 45.1. The molecule has 4 heterocycles. The molecule has 1 spiro atoms. The maximum absolute atomic E-state index is 14.3. The van der Waals surface area contributed by atoms with Gasteiger partial charge in [0.25, 0.3) is 5.91 Å². The van der Waals surface area contributed by atoms with Crippen LogP contribution in [0, 0.1) is 11.8 Å². The monoisotopic (exact) mass is 528 g/mol. The number of ether oxygens (including phenoxy) is 2. The maximum Gasteiger partial charge on any atom is 0.313 e. The summed E-state index contributed by atoms with van der Waals surface area (Å²) >= 11 is 6.08. The average molecular weight is 529 g/mol. The lowest BCUT2D eigenvalue weighted by molar-refractivity contribution is -0.161. The molecule has 0 radical (unpaired) electrons. The average Bonchev–Trinajstić information content (AvgIpc) is 3.26. The van der Waals surface area contributed by atoms with Gasteiger partial charge in [-0.3, -0.25) is 14.4 Å². The van der Waals surface area contributed by atoms with Crippen molar-refractivity contribution in [3.63, 3.8) is 0 Å². The normalized spacial score (nSPS) is 35.4. The van der Waals surface area contributed by atoms with Gasteiger partial charge in [-0.1, -0.05) is 42.8 Å². The Balaban J connectivity index is 1.67. The first-order valence-electron chi connectivity index (χ1n) is 13.0. The van der Waals surface area contributed by atoms with Crippen LogP contribution in [0.15, 0.2) is 48.6 Å². The van der Waals surface area contributed by atoms with Gasteiger partial charge in [0.1, 0.15) is 23.2 Å². The molecule has 2 saturated heterocycles. The second-order valence-corrected chi connectivity index (χ2v) is 10.7. The zero-order chi connectivity index (χ0) is 26.4. The summed E-state index contributed by atoms with van der Waals surface area (Å²) in [6, 6.07) is 5.20. The third-order valence-electron chi connectivity index (χ3n) is 8.20. The quantitative estimate of drug-likeness (QED) is 0.476. The van der Waals surface area contributed by atoms with Crippen LogP contribution in [0.3, 0.4) is 0 Å². The molecule has 37 heavy (non-hydrogen) atoms. The van der Waals surface area contributed by atoms with Crippen LogP contribution in [0.5, 0.6) is 0 Å². The summed E-state index contributed by atoms with van der Waals surface area (Å²) in [7, 11) is 0. The highest BCUT2D eigenvalue weighted by Crippen LogP contribution is 2.58. The van der Waals surface area contributed by atoms with Crippen molar-refractivity contribution in [3.05, 3.63) is 53.6 Å². The Labute approximate surface area is 221 Å². The SMILES string of the molecule is CC[C@]12/C=C\CCCCOC(=O)[C@H]1[C@H]1C(=O)N([C@H](C)CO)C3C(=O)N(c4ccc(Cl)cc4)CC=C[C@@]31O2. The van der Waals surface area contributed by atoms with Crippen LogP contribution in [0.1, 0.15) is 39.5 Å². The molecule has 5 rings (SSSR count). The molecule has 4 aliphatic heterocycles. The van der Waals surface area contributed by atoms with Crippen molar-refractivity contribution in [1.29, 1.82) is 0 Å². The van der Waals surface area contributed by atoms with Crippen molar-refractivity contribution in [2.24, 2.45) is 11.8 Å². The third kappa shape index (κ3) is 4.01. The first-order chi connectivity index (χ1) is 17.8. The molecule has 1 N–H and O–H groups in total. The summed E-state index contributed by atoms with van der Waals surface area (Å²) in [6.45, 7) is 3.81. The van der Waals surface area contributed by atoms with Gasteiger partial charge >= 0.3 is 5.97 Å². The number of carbonyl (C=O) groups excluding carboxylic acids is 3. The fourth-order valence-electron chi connectivity index (χ4n) is 6.39. The Morgan fingerprint density at radius 3 is 2.54 bits per heavy atom. The van der Waals surface area contributed by atoms with E-state index in [0.717, 1.165) is 19.3 Å². The second-order valence-electron chi connectivity index (χ2n) is 10.3. The number of benzene rings is 1. The molecular weight excluding hydrogens is 496 g/mol. The van der Waals surface area contributed by atoms with Gasteiger partial charge in [-0.05, 0) is 56.9 Å². The Bertz CT molecular complexity index is 1140. The number of hydrogen-bond donors (Lipinski definition) is 1. The lowest BCUT2D eigenvalue weighted by atomic mass is 9.73. The number of halogens is 1. The largest absolute Gasteiger partial charge is 0.465 e. The minimum Gasteiger partial charge on any atom is -0.465 e. The van der Waals surface area contributed by atoms with Crippen LogP contribution in [0.4, 0.5) is 5.69 Å². The summed E-state index contributed by atoms with van der Waals surface area (Å²) in [6.07, 6.45) is 10.4. The van der Waals surface area contributed by atoms with E-state index in [4.69, 9.17) is 21.1 Å². The number of cyclic esters (lactones) is 1. The van der Waals surface area contributed by atoms with Crippen molar-refractivity contribution in [2.45, 2.75) is 62.8 Å². The fraction of sp³-hybridized carbons (Fsp3) is 0.536. The number of hydrogen-bond acceptors (Lipinski definition) is 6. The molecule has 2 amide bonds. The van der Waals surface area contributed by atoms with Gasteiger partial charge in [0.05, 0.1) is 25.2 Å². The lowest BCUT2D eigenvalue weighted by Gasteiger charge is -2.40. The van der Waals surface area contributed by atoms with E-state index in [0.29, 0.717) is 17.1 Å². The zero-order valence-electron chi connectivity index (χ0n) is 21.1. The van der Waals surface area contributed by atoms with Gasteiger partial charge in [-0.2, -0.15) is 0 Å². The van der Waals surface area contributed by atoms with Crippen LogP contribution in [-0.2, 0) is 23.9 Å². The minimum atomic E-state index is -1.39. The molecule has 1 unspecified atom stereocenters. The topological polar surface area (TPSA) is 96.4 Å². The van der Waals surface area contributed by atoms with Crippen LogP contribution in [-0.4, -0.2) is 70.8 Å². The summed E-state index contributed by atoms with van der Waals surface area (Å²) in [5.41, 5.74) is -1.86. The molecule has 0 aliphatic carbocycles. The van der Waals surface area contributed by atoms with Crippen LogP contribution in [0.25, 0.3) is 0 Å². The smallest absolute Gasteiger partial charge is 0.313 e. The number of anilines is 1. The molecule has 1 aromatic rings. The summed E-state index contributed by atoms with van der Waals surface area (Å²) in [5.74, 6) is -3.09. The molecule has 198 valence electrons. The molecule has 0 saturated carbocycles. The van der Waals surface area contributed by atoms with Gasteiger partial charge in [0.2, 0.25) is 5.91 Å². The van der Waals surface area contributed by atoms with Gasteiger partial charge < -0.3 is 24.4 Å².